The van der Waals surface area contributed by atoms with Crippen LogP contribution in [0.25, 0.3) is 11.3 Å². The van der Waals surface area contributed by atoms with Crippen LogP contribution in [0.15, 0.2) is 30.5 Å². The lowest BCUT2D eigenvalue weighted by atomic mass is 10.1. The number of hydrogen-bond donors (Lipinski definition) is 1. The molecule has 2 N–H and O–H groups in total. The molecule has 0 aliphatic heterocycles. The van der Waals surface area contributed by atoms with E-state index in [4.69, 9.17) is 5.73 Å². The summed E-state index contributed by atoms with van der Waals surface area (Å²) in [5.41, 5.74) is 7.55. The zero-order valence-corrected chi connectivity index (χ0v) is 11.8. The molecule has 0 amide bonds. The SMILES string of the molecule is CCCN(CC)c1cccc(-c2nc(N)ncc2F)c1. The van der Waals surface area contributed by atoms with Crippen molar-refractivity contribution in [1.29, 1.82) is 0 Å². The normalized spacial score (nSPS) is 10.6. The summed E-state index contributed by atoms with van der Waals surface area (Å²) >= 11 is 0. The molecule has 5 heteroatoms. The average Bonchev–Trinajstić information content (AvgIpc) is 2.47. The molecule has 2 rings (SSSR count). The smallest absolute Gasteiger partial charge is 0.220 e. The Balaban J connectivity index is 2.41. The van der Waals surface area contributed by atoms with Crippen LogP contribution >= 0.6 is 0 Å². The summed E-state index contributed by atoms with van der Waals surface area (Å²) in [6.45, 7) is 6.11. The van der Waals surface area contributed by atoms with Crippen molar-refractivity contribution in [2.24, 2.45) is 0 Å². The lowest BCUT2D eigenvalue weighted by Gasteiger charge is -2.23. The van der Waals surface area contributed by atoms with Gasteiger partial charge in [0.1, 0.15) is 5.69 Å². The predicted octanol–water partition coefficient (Wildman–Crippen LogP) is 3.10. The summed E-state index contributed by atoms with van der Waals surface area (Å²) in [6, 6.07) is 7.68. The van der Waals surface area contributed by atoms with Gasteiger partial charge in [0.2, 0.25) is 5.95 Å². The van der Waals surface area contributed by atoms with Gasteiger partial charge in [-0.2, -0.15) is 0 Å². The summed E-state index contributed by atoms with van der Waals surface area (Å²) in [6.07, 6.45) is 2.17. The van der Waals surface area contributed by atoms with Crippen molar-refractivity contribution in [3.63, 3.8) is 0 Å². The highest BCUT2D eigenvalue weighted by atomic mass is 19.1. The van der Waals surface area contributed by atoms with Gasteiger partial charge in [-0.3, -0.25) is 0 Å². The minimum Gasteiger partial charge on any atom is -0.372 e. The molecule has 4 nitrogen and oxygen atoms in total. The topological polar surface area (TPSA) is 55.0 Å². The van der Waals surface area contributed by atoms with Crippen molar-refractivity contribution >= 4 is 11.6 Å². The first-order valence-corrected chi connectivity index (χ1v) is 6.79. The second-order valence-corrected chi connectivity index (χ2v) is 4.55. The molecule has 0 unspecified atom stereocenters. The summed E-state index contributed by atoms with van der Waals surface area (Å²) < 4.78 is 13.8. The minimum atomic E-state index is -0.463. The molecule has 0 saturated heterocycles. The Hall–Kier alpha value is -2.17. The Morgan fingerprint density at radius 2 is 2.10 bits per heavy atom. The van der Waals surface area contributed by atoms with Crippen LogP contribution in [0, 0.1) is 5.82 Å². The lowest BCUT2D eigenvalue weighted by Crippen LogP contribution is -2.23. The van der Waals surface area contributed by atoms with Crippen LogP contribution in [0.3, 0.4) is 0 Å². The molecule has 20 heavy (non-hydrogen) atoms. The maximum atomic E-state index is 13.8. The molecule has 0 aliphatic rings. The van der Waals surface area contributed by atoms with E-state index in [1.165, 1.54) is 0 Å². The Bertz CT molecular complexity index is 586. The van der Waals surface area contributed by atoms with Gasteiger partial charge in [0.15, 0.2) is 5.82 Å². The number of aromatic nitrogens is 2. The molecule has 1 heterocycles. The second-order valence-electron chi connectivity index (χ2n) is 4.55. The van der Waals surface area contributed by atoms with E-state index in [0.717, 1.165) is 31.4 Å². The van der Waals surface area contributed by atoms with Gasteiger partial charge < -0.3 is 10.6 Å². The summed E-state index contributed by atoms with van der Waals surface area (Å²) in [4.78, 5) is 9.88. The van der Waals surface area contributed by atoms with E-state index in [9.17, 15) is 4.39 Å². The van der Waals surface area contributed by atoms with Crippen molar-refractivity contribution in [1.82, 2.24) is 9.97 Å². The third-order valence-corrected chi connectivity index (χ3v) is 3.12. The highest BCUT2D eigenvalue weighted by molar-refractivity contribution is 5.66. The number of nitrogens with two attached hydrogens (primary N) is 1. The number of nitrogen functional groups attached to an aromatic ring is 1. The lowest BCUT2D eigenvalue weighted by molar-refractivity contribution is 0.619. The van der Waals surface area contributed by atoms with Crippen molar-refractivity contribution in [2.75, 3.05) is 23.7 Å². The maximum absolute atomic E-state index is 13.8. The van der Waals surface area contributed by atoms with Gasteiger partial charge in [0.25, 0.3) is 0 Å². The molecule has 0 radical (unpaired) electrons. The molecular formula is C15H19FN4. The minimum absolute atomic E-state index is 0.0766. The van der Waals surface area contributed by atoms with Crippen molar-refractivity contribution in [2.45, 2.75) is 20.3 Å². The monoisotopic (exact) mass is 274 g/mol. The molecule has 0 saturated carbocycles. The third-order valence-electron chi connectivity index (χ3n) is 3.12. The quantitative estimate of drug-likeness (QED) is 0.910. The van der Waals surface area contributed by atoms with Gasteiger partial charge in [-0.15, -0.1) is 0 Å². The first kappa shape index (κ1) is 14.2. The summed E-state index contributed by atoms with van der Waals surface area (Å²) in [7, 11) is 0. The molecule has 0 atom stereocenters. The van der Waals surface area contributed by atoms with Gasteiger partial charge in [0, 0.05) is 24.3 Å². The molecular weight excluding hydrogens is 255 g/mol. The van der Waals surface area contributed by atoms with Crippen LogP contribution < -0.4 is 10.6 Å². The number of halogens is 1. The van der Waals surface area contributed by atoms with Gasteiger partial charge in [-0.25, -0.2) is 14.4 Å². The Morgan fingerprint density at radius 1 is 1.30 bits per heavy atom. The van der Waals surface area contributed by atoms with Crippen LogP contribution in [0.2, 0.25) is 0 Å². The van der Waals surface area contributed by atoms with E-state index in [1.807, 2.05) is 24.3 Å². The van der Waals surface area contributed by atoms with Gasteiger partial charge in [-0.1, -0.05) is 19.1 Å². The second kappa shape index (κ2) is 6.32. The molecule has 106 valence electrons. The number of nitrogens with zero attached hydrogens (tertiary/aromatic N) is 3. The number of rotatable bonds is 5. The molecule has 1 aromatic heterocycles. The molecule has 0 aliphatic carbocycles. The fourth-order valence-corrected chi connectivity index (χ4v) is 2.17. The van der Waals surface area contributed by atoms with Crippen LogP contribution in [0.4, 0.5) is 16.0 Å². The Morgan fingerprint density at radius 3 is 2.80 bits per heavy atom. The van der Waals surface area contributed by atoms with Gasteiger partial charge in [-0.05, 0) is 25.5 Å². The van der Waals surface area contributed by atoms with E-state index in [-0.39, 0.29) is 11.6 Å². The largest absolute Gasteiger partial charge is 0.372 e. The van der Waals surface area contributed by atoms with E-state index in [1.54, 1.807) is 0 Å². The Kier molecular flexibility index (Phi) is 4.50. The first-order chi connectivity index (χ1) is 9.65. The average molecular weight is 274 g/mol. The Labute approximate surface area is 118 Å². The van der Waals surface area contributed by atoms with Crippen LogP contribution in [0.1, 0.15) is 20.3 Å². The van der Waals surface area contributed by atoms with Crippen molar-refractivity contribution < 1.29 is 4.39 Å². The van der Waals surface area contributed by atoms with E-state index in [0.29, 0.717) is 5.56 Å². The molecule has 1 aromatic carbocycles. The van der Waals surface area contributed by atoms with E-state index < -0.39 is 5.82 Å². The first-order valence-electron chi connectivity index (χ1n) is 6.79. The highest BCUT2D eigenvalue weighted by Crippen LogP contribution is 2.25. The van der Waals surface area contributed by atoms with Crippen molar-refractivity contribution in [3.05, 3.63) is 36.3 Å². The maximum Gasteiger partial charge on any atom is 0.220 e. The molecule has 0 spiro atoms. The van der Waals surface area contributed by atoms with Gasteiger partial charge >= 0.3 is 0 Å². The van der Waals surface area contributed by atoms with Crippen LogP contribution in [-0.4, -0.2) is 23.1 Å². The zero-order chi connectivity index (χ0) is 14.5. The third kappa shape index (κ3) is 3.04. The zero-order valence-electron chi connectivity index (χ0n) is 11.8. The number of anilines is 2. The molecule has 0 bridgehead atoms. The molecule has 0 fully saturated rings. The fourth-order valence-electron chi connectivity index (χ4n) is 2.17. The number of benzene rings is 1. The predicted molar refractivity (Wildman–Crippen MR) is 80.0 cm³/mol. The van der Waals surface area contributed by atoms with Crippen molar-refractivity contribution in [3.8, 4) is 11.3 Å². The van der Waals surface area contributed by atoms with E-state index in [2.05, 4.69) is 28.7 Å². The standard InChI is InChI=1S/C15H19FN4/c1-3-8-20(4-2)12-7-5-6-11(9-12)14-13(16)10-18-15(17)19-14/h5-7,9-10H,3-4,8H2,1-2H3,(H2,17,18,19). The van der Waals surface area contributed by atoms with E-state index >= 15 is 0 Å². The van der Waals surface area contributed by atoms with Crippen LogP contribution in [-0.2, 0) is 0 Å². The number of hydrogen-bond acceptors (Lipinski definition) is 4. The van der Waals surface area contributed by atoms with Crippen LogP contribution in [0.5, 0.6) is 0 Å². The summed E-state index contributed by atoms with van der Waals surface area (Å²) in [5, 5.41) is 0. The van der Waals surface area contributed by atoms with Gasteiger partial charge in [0.05, 0.1) is 6.20 Å². The summed E-state index contributed by atoms with van der Waals surface area (Å²) in [5.74, 6) is -0.386. The highest BCUT2D eigenvalue weighted by Gasteiger charge is 2.10. The fraction of sp³-hybridized carbons (Fsp3) is 0.333. The molecule has 2 aromatic rings.